The number of carbonyl (C=O) groups is 1. The van der Waals surface area contributed by atoms with Gasteiger partial charge in [-0.3, -0.25) is 4.79 Å². The van der Waals surface area contributed by atoms with Gasteiger partial charge in [-0.2, -0.15) is 0 Å². The molecule has 0 radical (unpaired) electrons. The molecule has 0 aliphatic rings. The number of nitrogens with zero attached hydrogens (tertiary/aromatic N) is 2. The van der Waals surface area contributed by atoms with Crippen LogP contribution >= 0.6 is 11.3 Å². The van der Waals surface area contributed by atoms with Crippen LogP contribution in [-0.4, -0.2) is 23.5 Å². The maximum absolute atomic E-state index is 12.7. The molecule has 1 amide bonds. The lowest BCUT2D eigenvalue weighted by Crippen LogP contribution is -2.34. The Morgan fingerprint density at radius 2 is 2.05 bits per heavy atom. The van der Waals surface area contributed by atoms with Crippen molar-refractivity contribution in [2.75, 3.05) is 11.4 Å². The van der Waals surface area contributed by atoms with Crippen molar-refractivity contribution in [3.8, 4) is 0 Å². The summed E-state index contributed by atoms with van der Waals surface area (Å²) in [6.45, 7) is 2.27. The van der Waals surface area contributed by atoms with Crippen molar-refractivity contribution in [1.82, 2.24) is 0 Å². The number of aryl methyl sites for hydroxylation is 1. The lowest BCUT2D eigenvalue weighted by molar-refractivity contribution is 0.0991. The minimum atomic E-state index is -0.0700. The van der Waals surface area contributed by atoms with Gasteiger partial charge in [-0.15, -0.1) is 11.3 Å². The highest BCUT2D eigenvalue weighted by Crippen LogP contribution is 2.22. The molecule has 3 N–H and O–H groups in total. The molecule has 110 valence electrons. The lowest BCUT2D eigenvalue weighted by Gasteiger charge is -2.22. The molecule has 5 nitrogen and oxygen atoms in total. The molecule has 0 atom stereocenters. The predicted molar refractivity (Wildman–Crippen MR) is 85.2 cm³/mol. The Balaban J connectivity index is 2.28. The van der Waals surface area contributed by atoms with Crippen LogP contribution in [0.1, 0.15) is 21.7 Å². The fraction of sp³-hybridized carbons (Fsp3) is 0.200. The fourth-order valence-electron chi connectivity index (χ4n) is 1.95. The van der Waals surface area contributed by atoms with Crippen molar-refractivity contribution >= 4 is 28.8 Å². The number of thiophene rings is 1. The van der Waals surface area contributed by atoms with Gasteiger partial charge >= 0.3 is 0 Å². The fourth-order valence-corrected chi connectivity index (χ4v) is 2.82. The standard InChI is InChI=1S/C15H17N3O2S/c1-11-8-10-21-14(11)15(19)18(9-7-13(16)17-20)12-5-3-2-4-6-12/h2-6,8,10,20H,7,9H2,1H3,(H2,16,17). The highest BCUT2D eigenvalue weighted by Gasteiger charge is 2.20. The van der Waals surface area contributed by atoms with E-state index in [1.54, 1.807) is 4.90 Å². The second kappa shape index (κ2) is 6.90. The number of hydrogen-bond acceptors (Lipinski definition) is 4. The quantitative estimate of drug-likeness (QED) is 0.386. The van der Waals surface area contributed by atoms with Crippen LogP contribution in [-0.2, 0) is 0 Å². The monoisotopic (exact) mass is 303 g/mol. The molecule has 0 unspecified atom stereocenters. The van der Waals surface area contributed by atoms with E-state index in [9.17, 15) is 4.79 Å². The van der Waals surface area contributed by atoms with Crippen LogP contribution in [0.4, 0.5) is 5.69 Å². The Morgan fingerprint density at radius 3 is 2.62 bits per heavy atom. The van der Waals surface area contributed by atoms with Gasteiger partial charge in [0.2, 0.25) is 0 Å². The number of hydrogen-bond donors (Lipinski definition) is 2. The number of amidine groups is 1. The van der Waals surface area contributed by atoms with Gasteiger partial charge in [0.15, 0.2) is 0 Å². The number of anilines is 1. The van der Waals surface area contributed by atoms with Crippen molar-refractivity contribution in [3.63, 3.8) is 0 Å². The zero-order valence-electron chi connectivity index (χ0n) is 11.7. The summed E-state index contributed by atoms with van der Waals surface area (Å²) in [5.41, 5.74) is 7.26. The Kier molecular flexibility index (Phi) is 4.94. The van der Waals surface area contributed by atoms with E-state index in [-0.39, 0.29) is 11.7 Å². The molecule has 0 fully saturated rings. The Bertz CT molecular complexity index is 637. The van der Waals surface area contributed by atoms with E-state index in [0.717, 1.165) is 11.3 Å². The van der Waals surface area contributed by atoms with Crippen molar-refractivity contribution in [2.24, 2.45) is 10.9 Å². The summed E-state index contributed by atoms with van der Waals surface area (Å²) in [7, 11) is 0. The van der Waals surface area contributed by atoms with Crippen molar-refractivity contribution in [2.45, 2.75) is 13.3 Å². The van der Waals surface area contributed by atoms with Crippen molar-refractivity contribution in [1.29, 1.82) is 0 Å². The summed E-state index contributed by atoms with van der Waals surface area (Å²) in [6, 6.07) is 11.3. The van der Waals surface area contributed by atoms with Gasteiger partial charge in [-0.05, 0) is 36.1 Å². The van der Waals surface area contributed by atoms with Gasteiger partial charge in [0.05, 0.1) is 4.88 Å². The molecule has 2 aromatic rings. The maximum Gasteiger partial charge on any atom is 0.268 e. The number of carbonyl (C=O) groups excluding carboxylic acids is 1. The molecule has 1 aromatic carbocycles. The van der Waals surface area contributed by atoms with E-state index in [2.05, 4.69) is 5.16 Å². The van der Waals surface area contributed by atoms with E-state index in [1.807, 2.05) is 48.7 Å². The first-order valence-electron chi connectivity index (χ1n) is 6.51. The number of rotatable bonds is 5. The van der Waals surface area contributed by atoms with Crippen LogP contribution in [0.2, 0.25) is 0 Å². The number of nitrogens with two attached hydrogens (primary N) is 1. The van der Waals surface area contributed by atoms with Gasteiger partial charge < -0.3 is 15.8 Å². The number of oxime groups is 1. The molecule has 6 heteroatoms. The van der Waals surface area contributed by atoms with Crippen LogP contribution in [0.15, 0.2) is 46.9 Å². The highest BCUT2D eigenvalue weighted by molar-refractivity contribution is 7.12. The first kappa shape index (κ1) is 15.1. The summed E-state index contributed by atoms with van der Waals surface area (Å²) in [5.74, 6) is 0.0334. The van der Waals surface area contributed by atoms with Gasteiger partial charge in [-0.1, -0.05) is 23.4 Å². The molecule has 0 bridgehead atoms. The third-order valence-electron chi connectivity index (χ3n) is 3.09. The minimum absolute atomic E-state index is 0.0700. The normalized spacial score (nSPS) is 11.4. The van der Waals surface area contributed by atoms with E-state index >= 15 is 0 Å². The average Bonchev–Trinajstić information content (AvgIpc) is 2.94. The summed E-state index contributed by atoms with van der Waals surface area (Å²) in [4.78, 5) is 15.1. The second-order valence-corrected chi connectivity index (χ2v) is 5.48. The van der Waals surface area contributed by atoms with Crippen LogP contribution in [0.3, 0.4) is 0 Å². The zero-order valence-corrected chi connectivity index (χ0v) is 12.5. The molecule has 0 saturated carbocycles. The molecule has 0 spiro atoms. The molecule has 1 heterocycles. The Morgan fingerprint density at radius 1 is 1.33 bits per heavy atom. The second-order valence-electron chi connectivity index (χ2n) is 4.57. The molecular formula is C15H17N3O2S. The van der Waals surface area contributed by atoms with E-state index in [1.165, 1.54) is 11.3 Å². The first-order chi connectivity index (χ1) is 10.1. The molecule has 21 heavy (non-hydrogen) atoms. The van der Waals surface area contributed by atoms with E-state index in [0.29, 0.717) is 17.8 Å². The summed E-state index contributed by atoms with van der Waals surface area (Å²) >= 11 is 1.42. The smallest absolute Gasteiger partial charge is 0.268 e. The maximum atomic E-state index is 12.7. The van der Waals surface area contributed by atoms with E-state index < -0.39 is 0 Å². The van der Waals surface area contributed by atoms with Crippen molar-refractivity contribution < 1.29 is 10.0 Å². The Hall–Kier alpha value is -2.34. The van der Waals surface area contributed by atoms with Crippen molar-refractivity contribution in [3.05, 3.63) is 52.2 Å². The molecular weight excluding hydrogens is 286 g/mol. The van der Waals surface area contributed by atoms with Crippen LogP contribution in [0.25, 0.3) is 0 Å². The predicted octanol–water partition coefficient (Wildman–Crippen LogP) is 2.84. The van der Waals surface area contributed by atoms with Gasteiger partial charge in [-0.25, -0.2) is 0 Å². The van der Waals surface area contributed by atoms with E-state index in [4.69, 9.17) is 10.9 Å². The van der Waals surface area contributed by atoms with Crippen LogP contribution in [0.5, 0.6) is 0 Å². The van der Waals surface area contributed by atoms with Gasteiger partial charge in [0.25, 0.3) is 5.91 Å². The third-order valence-corrected chi connectivity index (χ3v) is 4.09. The third kappa shape index (κ3) is 3.61. The lowest BCUT2D eigenvalue weighted by atomic mass is 10.2. The number of para-hydroxylation sites is 1. The summed E-state index contributed by atoms with van der Waals surface area (Å²) in [6.07, 6.45) is 0.307. The van der Waals surface area contributed by atoms with Crippen LogP contribution in [0, 0.1) is 6.92 Å². The minimum Gasteiger partial charge on any atom is -0.409 e. The first-order valence-corrected chi connectivity index (χ1v) is 7.39. The number of benzene rings is 1. The summed E-state index contributed by atoms with van der Waals surface area (Å²) < 4.78 is 0. The zero-order chi connectivity index (χ0) is 15.2. The topological polar surface area (TPSA) is 78.9 Å². The largest absolute Gasteiger partial charge is 0.409 e. The van der Waals surface area contributed by atoms with Crippen LogP contribution < -0.4 is 10.6 Å². The number of amides is 1. The molecule has 0 saturated heterocycles. The van der Waals surface area contributed by atoms with Gasteiger partial charge in [0, 0.05) is 18.7 Å². The summed E-state index contributed by atoms with van der Waals surface area (Å²) in [5, 5.41) is 13.5. The molecule has 0 aliphatic heterocycles. The van der Waals surface area contributed by atoms with Gasteiger partial charge in [0.1, 0.15) is 5.84 Å². The average molecular weight is 303 g/mol. The molecule has 2 rings (SSSR count). The highest BCUT2D eigenvalue weighted by atomic mass is 32.1. The molecule has 1 aromatic heterocycles. The SMILES string of the molecule is Cc1ccsc1C(=O)N(CC/C(N)=N/O)c1ccccc1. The molecule has 0 aliphatic carbocycles. The Labute approximate surface area is 127 Å².